The van der Waals surface area contributed by atoms with E-state index in [0.29, 0.717) is 6.42 Å². The van der Waals surface area contributed by atoms with Gasteiger partial charge in [-0.1, -0.05) is 26.8 Å². The van der Waals surface area contributed by atoms with Crippen LogP contribution in [0, 0.1) is 10.1 Å². The number of non-ortho nitro benzene ring substituents is 1. The minimum absolute atomic E-state index is 0.0166. The molecule has 0 radical (unpaired) electrons. The first-order valence-electron chi connectivity index (χ1n) is 9.39. The molecule has 28 heavy (non-hydrogen) atoms. The van der Waals surface area contributed by atoms with Crippen molar-refractivity contribution >= 4 is 20.0 Å². The normalized spacial score (nSPS) is 27.0. The van der Waals surface area contributed by atoms with Gasteiger partial charge in [-0.3, -0.25) is 10.1 Å². The van der Waals surface area contributed by atoms with Crippen molar-refractivity contribution in [2.45, 2.75) is 69.7 Å². The van der Waals surface area contributed by atoms with Crippen molar-refractivity contribution < 1.29 is 23.6 Å². The highest BCUT2D eigenvalue weighted by Gasteiger charge is 2.57. The summed E-state index contributed by atoms with van der Waals surface area (Å²) in [5, 5.41) is 10.7. The van der Waals surface area contributed by atoms with Gasteiger partial charge < -0.3 is 13.9 Å². The molecule has 0 saturated carbocycles. The molecule has 3 atom stereocenters. The molecule has 152 valence electrons. The third-order valence-electron chi connectivity index (χ3n) is 5.86. The Hall–Kier alpha value is -2.03. The van der Waals surface area contributed by atoms with Crippen molar-refractivity contribution in [1.82, 2.24) is 0 Å². The van der Waals surface area contributed by atoms with Crippen LogP contribution in [0.2, 0.25) is 18.1 Å². The van der Waals surface area contributed by atoms with E-state index in [-0.39, 0.29) is 35.5 Å². The second-order valence-electron chi connectivity index (χ2n) is 8.96. The van der Waals surface area contributed by atoms with E-state index in [9.17, 15) is 14.9 Å². The average molecular weight is 406 g/mol. The molecule has 8 heteroatoms. The summed E-state index contributed by atoms with van der Waals surface area (Å²) in [6.07, 6.45) is 3.33. The van der Waals surface area contributed by atoms with Gasteiger partial charge in [0.15, 0.2) is 13.9 Å². The zero-order valence-corrected chi connectivity index (χ0v) is 17.9. The lowest BCUT2D eigenvalue weighted by Crippen LogP contribution is -2.52. The summed E-state index contributed by atoms with van der Waals surface area (Å²) in [6.45, 7) is 10.9. The molecule has 0 unspecified atom stereocenters. The molecule has 1 aromatic rings. The van der Waals surface area contributed by atoms with Gasteiger partial charge in [-0.05, 0) is 41.9 Å². The summed E-state index contributed by atoms with van der Waals surface area (Å²) in [5.41, 5.74) is -0.155. The van der Waals surface area contributed by atoms with E-state index in [1.54, 1.807) is 18.2 Å². The van der Waals surface area contributed by atoms with Crippen LogP contribution in [0.1, 0.15) is 32.8 Å². The van der Waals surface area contributed by atoms with Crippen LogP contribution in [0.15, 0.2) is 36.4 Å². The smallest absolute Gasteiger partial charge is 0.341 e. The maximum absolute atomic E-state index is 12.6. The molecular formula is C20H27NO6Si. The summed E-state index contributed by atoms with van der Waals surface area (Å²) in [4.78, 5) is 22.9. The molecule has 1 heterocycles. The van der Waals surface area contributed by atoms with Crippen molar-refractivity contribution in [3.8, 4) is 0 Å². The zero-order valence-electron chi connectivity index (χ0n) is 16.9. The minimum atomic E-state index is -2.16. The predicted octanol–water partition coefficient (Wildman–Crippen LogP) is 4.13. The van der Waals surface area contributed by atoms with Gasteiger partial charge >= 0.3 is 5.97 Å². The number of ether oxygens (including phenoxy) is 2. The Morgan fingerprint density at radius 2 is 1.93 bits per heavy atom. The molecule has 0 N–H and O–H groups in total. The van der Waals surface area contributed by atoms with Gasteiger partial charge in [-0.25, -0.2) is 4.79 Å². The Balaban J connectivity index is 1.68. The number of carbonyl (C=O) groups is 1. The number of carbonyl (C=O) groups excluding carboxylic acids is 1. The quantitative estimate of drug-likeness (QED) is 0.232. The van der Waals surface area contributed by atoms with Gasteiger partial charge in [0.1, 0.15) is 12.2 Å². The lowest BCUT2D eigenvalue weighted by molar-refractivity contribution is -0.384. The lowest BCUT2D eigenvalue weighted by atomic mass is 9.91. The second-order valence-corrected chi connectivity index (χ2v) is 13.7. The Bertz CT molecular complexity index is 798. The number of nitro benzene ring substituents is 1. The highest BCUT2D eigenvalue weighted by atomic mass is 28.4. The summed E-state index contributed by atoms with van der Waals surface area (Å²) in [5.74, 6) is -0.347. The maximum Gasteiger partial charge on any atom is 0.341 e. The Labute approximate surface area is 165 Å². The van der Waals surface area contributed by atoms with Crippen LogP contribution in [0.3, 0.4) is 0 Å². The third-order valence-corrected chi connectivity index (χ3v) is 10.3. The lowest BCUT2D eigenvalue weighted by Gasteiger charge is -2.42. The van der Waals surface area contributed by atoms with Crippen molar-refractivity contribution in [1.29, 1.82) is 0 Å². The van der Waals surface area contributed by atoms with Crippen molar-refractivity contribution in [2.75, 3.05) is 0 Å². The van der Waals surface area contributed by atoms with Gasteiger partial charge in [0.05, 0.1) is 11.5 Å². The highest BCUT2D eigenvalue weighted by Crippen LogP contribution is 2.45. The van der Waals surface area contributed by atoms with E-state index in [1.807, 2.05) is 6.08 Å². The number of hydrogen-bond donors (Lipinski definition) is 0. The molecule has 2 aliphatic rings. The van der Waals surface area contributed by atoms with E-state index in [4.69, 9.17) is 13.9 Å². The van der Waals surface area contributed by atoms with Crippen LogP contribution >= 0.6 is 0 Å². The minimum Gasteiger partial charge on any atom is -0.457 e. The fourth-order valence-electron chi connectivity index (χ4n) is 3.15. The van der Waals surface area contributed by atoms with Crippen LogP contribution in [0.25, 0.3) is 0 Å². The van der Waals surface area contributed by atoms with Crippen molar-refractivity contribution in [3.05, 3.63) is 52.1 Å². The largest absolute Gasteiger partial charge is 0.457 e. The standard InChI is InChI=1S/C20H27NO6Si/c1-19(2,3)28(4,5)27-20-11-10-16(17(12-20)26-18(20)22)25-13-14-6-8-15(9-7-14)21(23)24/h6-11,16-17H,12-13H2,1-5H3/t16-,17-,20+/m1/s1. The average Bonchev–Trinajstić information content (AvgIpc) is 2.84. The van der Waals surface area contributed by atoms with E-state index in [2.05, 4.69) is 33.9 Å². The topological polar surface area (TPSA) is 87.9 Å². The Morgan fingerprint density at radius 3 is 2.50 bits per heavy atom. The van der Waals surface area contributed by atoms with E-state index in [1.165, 1.54) is 12.1 Å². The van der Waals surface area contributed by atoms with Crippen LogP contribution in [0.5, 0.6) is 0 Å². The number of nitrogens with zero attached hydrogens (tertiary/aromatic N) is 1. The van der Waals surface area contributed by atoms with Gasteiger partial charge in [0.25, 0.3) is 5.69 Å². The SMILES string of the molecule is CC(C)(C)[Si](C)(C)O[C@@]12C=C[C@@H](OCc3ccc([N+](=O)[O-])cc3)[C@@H](C1)OC2=O. The van der Waals surface area contributed by atoms with E-state index >= 15 is 0 Å². The number of hydrogen-bond acceptors (Lipinski definition) is 6. The van der Waals surface area contributed by atoms with Crippen LogP contribution in [0.4, 0.5) is 5.69 Å². The molecule has 1 saturated heterocycles. The molecule has 1 aliphatic carbocycles. The molecule has 0 amide bonds. The summed E-state index contributed by atoms with van der Waals surface area (Å²) in [6, 6.07) is 6.22. The number of nitro groups is 1. The highest BCUT2D eigenvalue weighted by molar-refractivity contribution is 6.74. The number of fused-ring (bicyclic) bond motifs is 2. The van der Waals surface area contributed by atoms with Crippen molar-refractivity contribution in [3.63, 3.8) is 0 Å². The molecule has 1 fully saturated rings. The van der Waals surface area contributed by atoms with Gasteiger partial charge in [0, 0.05) is 18.6 Å². The summed E-state index contributed by atoms with van der Waals surface area (Å²) in [7, 11) is -2.16. The number of rotatable bonds is 6. The van der Waals surface area contributed by atoms with E-state index < -0.39 is 18.8 Å². The van der Waals surface area contributed by atoms with Crippen LogP contribution in [-0.2, 0) is 25.3 Å². The number of esters is 1. The molecule has 1 aromatic carbocycles. The molecule has 2 bridgehead atoms. The maximum atomic E-state index is 12.6. The number of benzene rings is 1. The fraction of sp³-hybridized carbons (Fsp3) is 0.550. The molecular weight excluding hydrogens is 378 g/mol. The first kappa shape index (κ1) is 20.7. The van der Waals surface area contributed by atoms with Crippen molar-refractivity contribution in [2.24, 2.45) is 0 Å². The molecule has 0 aromatic heterocycles. The first-order chi connectivity index (χ1) is 12.9. The van der Waals surface area contributed by atoms with Crippen LogP contribution < -0.4 is 0 Å². The summed E-state index contributed by atoms with van der Waals surface area (Å²) < 4.78 is 17.9. The van der Waals surface area contributed by atoms with Gasteiger partial charge in [-0.2, -0.15) is 0 Å². The van der Waals surface area contributed by atoms with Gasteiger partial charge in [-0.15, -0.1) is 0 Å². The fourth-order valence-corrected chi connectivity index (χ4v) is 4.60. The molecule has 1 aliphatic heterocycles. The van der Waals surface area contributed by atoms with Gasteiger partial charge in [0.2, 0.25) is 0 Å². The zero-order chi connectivity index (χ0) is 20.7. The molecule has 0 spiro atoms. The molecule has 3 rings (SSSR count). The Morgan fingerprint density at radius 1 is 1.29 bits per heavy atom. The summed E-state index contributed by atoms with van der Waals surface area (Å²) >= 11 is 0. The van der Waals surface area contributed by atoms with E-state index in [0.717, 1.165) is 5.56 Å². The molecule has 7 nitrogen and oxygen atoms in total. The predicted molar refractivity (Wildman–Crippen MR) is 106 cm³/mol. The second kappa shape index (κ2) is 7.09. The van der Waals surface area contributed by atoms with Crippen LogP contribution in [-0.4, -0.2) is 37.0 Å². The monoisotopic (exact) mass is 405 g/mol. The first-order valence-corrected chi connectivity index (χ1v) is 12.3. The Kier molecular flexibility index (Phi) is 5.24. The third kappa shape index (κ3) is 3.90.